The number of hydrogen-bond acceptors (Lipinski definition) is 3. The number of aryl methyl sites for hydroxylation is 1. The Morgan fingerprint density at radius 1 is 1.24 bits per heavy atom. The monoisotopic (exact) mass is 292 g/mol. The first kappa shape index (κ1) is 17.5. The normalized spacial score (nSPS) is 11.2. The van der Waals surface area contributed by atoms with E-state index in [-0.39, 0.29) is 11.4 Å². The second-order valence-electron chi connectivity index (χ2n) is 5.44. The highest BCUT2D eigenvalue weighted by Gasteiger charge is 2.25. The molecule has 0 aromatic heterocycles. The van der Waals surface area contributed by atoms with Crippen LogP contribution in [0, 0.1) is 0 Å². The van der Waals surface area contributed by atoms with E-state index in [9.17, 15) is 4.79 Å². The molecule has 0 radical (unpaired) electrons. The predicted molar refractivity (Wildman–Crippen MR) is 86.4 cm³/mol. The van der Waals surface area contributed by atoms with Crippen molar-refractivity contribution in [1.82, 2.24) is 5.32 Å². The van der Waals surface area contributed by atoms with Crippen LogP contribution in [0.15, 0.2) is 24.3 Å². The fourth-order valence-electron chi connectivity index (χ4n) is 2.37. The molecule has 0 spiro atoms. The molecule has 4 nitrogen and oxygen atoms in total. The third-order valence-corrected chi connectivity index (χ3v) is 4.18. The fraction of sp³-hybridized carbons (Fsp3) is 0.588. The van der Waals surface area contributed by atoms with Crippen LogP contribution < -0.4 is 15.8 Å². The smallest absolute Gasteiger partial charge is 0.220 e. The maximum absolute atomic E-state index is 12.0. The van der Waals surface area contributed by atoms with Crippen molar-refractivity contribution in [3.63, 3.8) is 0 Å². The van der Waals surface area contributed by atoms with E-state index in [1.807, 2.05) is 24.3 Å². The molecule has 0 aliphatic heterocycles. The van der Waals surface area contributed by atoms with Crippen molar-refractivity contribution in [2.24, 2.45) is 5.73 Å². The molecular formula is C17H28N2O2. The molecule has 1 rings (SSSR count). The first-order valence-corrected chi connectivity index (χ1v) is 7.73. The lowest BCUT2D eigenvalue weighted by molar-refractivity contribution is -0.123. The summed E-state index contributed by atoms with van der Waals surface area (Å²) in [6.45, 7) is 4.62. The van der Waals surface area contributed by atoms with Crippen molar-refractivity contribution < 1.29 is 9.53 Å². The number of nitrogens with two attached hydrogens (primary N) is 1. The van der Waals surface area contributed by atoms with Crippen LogP contribution in [0.2, 0.25) is 0 Å². The largest absolute Gasteiger partial charge is 0.497 e. The molecule has 0 heterocycles. The minimum atomic E-state index is -0.239. The Labute approximate surface area is 128 Å². The van der Waals surface area contributed by atoms with Gasteiger partial charge in [0, 0.05) is 13.0 Å². The molecule has 1 aromatic carbocycles. The second kappa shape index (κ2) is 8.67. The average Bonchev–Trinajstić information content (AvgIpc) is 2.53. The molecule has 0 bridgehead atoms. The van der Waals surface area contributed by atoms with E-state index in [1.54, 1.807) is 7.11 Å². The van der Waals surface area contributed by atoms with E-state index in [0.717, 1.165) is 31.4 Å². The predicted octanol–water partition coefficient (Wildman–Crippen LogP) is 2.65. The lowest BCUT2D eigenvalue weighted by Crippen LogP contribution is -2.52. The summed E-state index contributed by atoms with van der Waals surface area (Å²) in [5.74, 6) is 0.952. The van der Waals surface area contributed by atoms with Crippen LogP contribution in [0.4, 0.5) is 0 Å². The van der Waals surface area contributed by atoms with Crippen LogP contribution in [-0.4, -0.2) is 25.1 Å². The summed E-state index contributed by atoms with van der Waals surface area (Å²) in [6.07, 6.45) is 4.00. The van der Waals surface area contributed by atoms with E-state index in [0.29, 0.717) is 13.0 Å². The Morgan fingerprint density at radius 3 is 2.33 bits per heavy atom. The highest BCUT2D eigenvalue weighted by molar-refractivity contribution is 5.76. The van der Waals surface area contributed by atoms with Gasteiger partial charge in [0.25, 0.3) is 0 Å². The standard InChI is InChI=1S/C17H28N2O2/c1-4-17(5-2,13-18)19-16(20)8-6-7-14-9-11-15(21-3)12-10-14/h9-12H,4-8,13,18H2,1-3H3,(H,19,20). The highest BCUT2D eigenvalue weighted by atomic mass is 16.5. The van der Waals surface area contributed by atoms with Gasteiger partial charge in [0.2, 0.25) is 5.91 Å². The van der Waals surface area contributed by atoms with Gasteiger partial charge < -0.3 is 15.8 Å². The van der Waals surface area contributed by atoms with E-state index >= 15 is 0 Å². The molecule has 0 unspecified atom stereocenters. The van der Waals surface area contributed by atoms with Crippen molar-refractivity contribution in [1.29, 1.82) is 0 Å². The number of carbonyl (C=O) groups excluding carboxylic acids is 1. The summed E-state index contributed by atoms with van der Waals surface area (Å²) < 4.78 is 5.13. The third-order valence-electron chi connectivity index (χ3n) is 4.18. The summed E-state index contributed by atoms with van der Waals surface area (Å²) in [7, 11) is 1.66. The molecule has 0 saturated heterocycles. The van der Waals surface area contributed by atoms with Gasteiger partial charge in [0.05, 0.1) is 12.6 Å². The maximum atomic E-state index is 12.0. The van der Waals surface area contributed by atoms with Crippen LogP contribution in [0.1, 0.15) is 45.1 Å². The lowest BCUT2D eigenvalue weighted by atomic mass is 9.92. The molecule has 0 aliphatic rings. The molecule has 0 aliphatic carbocycles. The number of rotatable bonds is 9. The molecule has 4 heteroatoms. The van der Waals surface area contributed by atoms with Crippen LogP contribution in [0.3, 0.4) is 0 Å². The molecule has 0 fully saturated rings. The molecule has 1 amide bonds. The van der Waals surface area contributed by atoms with Gasteiger partial charge in [-0.15, -0.1) is 0 Å². The van der Waals surface area contributed by atoms with E-state index in [4.69, 9.17) is 10.5 Å². The number of benzene rings is 1. The van der Waals surface area contributed by atoms with Crippen LogP contribution in [0.5, 0.6) is 5.75 Å². The van der Waals surface area contributed by atoms with Crippen LogP contribution >= 0.6 is 0 Å². The zero-order chi connectivity index (χ0) is 15.7. The summed E-state index contributed by atoms with van der Waals surface area (Å²) in [4.78, 5) is 12.0. The van der Waals surface area contributed by atoms with Crippen molar-refractivity contribution in [2.45, 2.75) is 51.5 Å². The van der Waals surface area contributed by atoms with E-state index in [2.05, 4.69) is 19.2 Å². The number of nitrogens with one attached hydrogen (secondary N) is 1. The number of hydrogen-bond donors (Lipinski definition) is 2. The first-order chi connectivity index (χ1) is 10.1. The van der Waals surface area contributed by atoms with Crippen molar-refractivity contribution in [3.05, 3.63) is 29.8 Å². The summed E-state index contributed by atoms with van der Waals surface area (Å²) in [5.41, 5.74) is 6.78. The summed E-state index contributed by atoms with van der Waals surface area (Å²) in [6, 6.07) is 7.98. The maximum Gasteiger partial charge on any atom is 0.220 e. The van der Waals surface area contributed by atoms with Crippen LogP contribution in [0.25, 0.3) is 0 Å². The molecule has 3 N–H and O–H groups in total. The minimum absolute atomic E-state index is 0.0951. The molecule has 1 aromatic rings. The topological polar surface area (TPSA) is 64.3 Å². The van der Waals surface area contributed by atoms with Gasteiger partial charge in [0.15, 0.2) is 0 Å². The number of carbonyl (C=O) groups is 1. The van der Waals surface area contributed by atoms with Crippen molar-refractivity contribution in [3.8, 4) is 5.75 Å². The quantitative estimate of drug-likeness (QED) is 0.735. The third kappa shape index (κ3) is 5.38. The van der Waals surface area contributed by atoms with Gasteiger partial charge in [-0.05, 0) is 43.4 Å². The Balaban J connectivity index is 2.39. The number of ether oxygens (including phenoxy) is 1. The van der Waals surface area contributed by atoms with Gasteiger partial charge >= 0.3 is 0 Å². The molecule has 0 saturated carbocycles. The van der Waals surface area contributed by atoms with Gasteiger partial charge in [-0.25, -0.2) is 0 Å². The zero-order valence-corrected chi connectivity index (χ0v) is 13.4. The SMILES string of the molecule is CCC(CC)(CN)NC(=O)CCCc1ccc(OC)cc1. The fourth-order valence-corrected chi connectivity index (χ4v) is 2.37. The van der Waals surface area contributed by atoms with Crippen LogP contribution in [-0.2, 0) is 11.2 Å². The van der Waals surface area contributed by atoms with Gasteiger partial charge in [-0.3, -0.25) is 4.79 Å². The molecule has 0 atom stereocenters. The Kier molecular flexibility index (Phi) is 7.23. The molecule has 118 valence electrons. The first-order valence-electron chi connectivity index (χ1n) is 7.73. The Hall–Kier alpha value is -1.55. The molecule has 21 heavy (non-hydrogen) atoms. The summed E-state index contributed by atoms with van der Waals surface area (Å²) in [5, 5.41) is 3.10. The summed E-state index contributed by atoms with van der Waals surface area (Å²) >= 11 is 0. The number of methoxy groups -OCH3 is 1. The van der Waals surface area contributed by atoms with Gasteiger partial charge in [-0.1, -0.05) is 26.0 Å². The van der Waals surface area contributed by atoms with Gasteiger partial charge in [-0.2, -0.15) is 0 Å². The van der Waals surface area contributed by atoms with Gasteiger partial charge in [0.1, 0.15) is 5.75 Å². The van der Waals surface area contributed by atoms with Crippen molar-refractivity contribution >= 4 is 5.91 Å². The number of amides is 1. The lowest BCUT2D eigenvalue weighted by Gasteiger charge is -2.31. The Bertz CT molecular complexity index is 417. The average molecular weight is 292 g/mol. The highest BCUT2D eigenvalue weighted by Crippen LogP contribution is 2.15. The second-order valence-corrected chi connectivity index (χ2v) is 5.44. The van der Waals surface area contributed by atoms with Crippen molar-refractivity contribution in [2.75, 3.05) is 13.7 Å². The zero-order valence-electron chi connectivity index (χ0n) is 13.4. The van der Waals surface area contributed by atoms with E-state index in [1.165, 1.54) is 5.56 Å². The van der Waals surface area contributed by atoms with E-state index < -0.39 is 0 Å². The Morgan fingerprint density at radius 2 is 1.86 bits per heavy atom. The molecular weight excluding hydrogens is 264 g/mol. The minimum Gasteiger partial charge on any atom is -0.497 e.